The molecule has 86 valence electrons. The van der Waals surface area contributed by atoms with Gasteiger partial charge in [-0.2, -0.15) is 0 Å². The maximum absolute atomic E-state index is 11.1. The second-order valence-corrected chi connectivity index (χ2v) is 2.97. The van der Waals surface area contributed by atoms with Gasteiger partial charge in [0.1, 0.15) is 11.5 Å². The molecule has 0 saturated heterocycles. The van der Waals surface area contributed by atoms with Crippen molar-refractivity contribution in [1.82, 2.24) is 0 Å². The Morgan fingerprint density at radius 1 is 1.50 bits per heavy atom. The Bertz CT molecular complexity index is 386. The first kappa shape index (κ1) is 12.2. The van der Waals surface area contributed by atoms with Crippen LogP contribution in [0.3, 0.4) is 0 Å². The zero-order valence-corrected chi connectivity index (χ0v) is 8.80. The summed E-state index contributed by atoms with van der Waals surface area (Å²) in [5.41, 5.74) is 0.227. The molecule has 1 rings (SSSR count). The Morgan fingerprint density at radius 3 is 2.81 bits per heavy atom. The number of carbonyl (C=O) groups is 2. The molecule has 16 heavy (non-hydrogen) atoms. The number of rotatable bonds is 5. The van der Waals surface area contributed by atoms with E-state index < -0.39 is 5.97 Å². The molecule has 1 aromatic carbocycles. The number of aldehydes is 1. The lowest BCUT2D eigenvalue weighted by atomic mass is 10.2. The normalized spacial score (nSPS) is 9.62. The van der Waals surface area contributed by atoms with Crippen molar-refractivity contribution >= 4 is 12.3 Å². The minimum Gasteiger partial charge on any atom is -0.497 e. The largest absolute Gasteiger partial charge is 0.497 e. The van der Waals surface area contributed by atoms with E-state index in [1.165, 1.54) is 19.2 Å². The summed E-state index contributed by atoms with van der Waals surface area (Å²) in [5, 5.41) is 8.53. The summed E-state index contributed by atoms with van der Waals surface area (Å²) in [6, 6.07) is 4.51. The van der Waals surface area contributed by atoms with Crippen LogP contribution in [-0.4, -0.2) is 31.1 Å². The van der Waals surface area contributed by atoms with Crippen LogP contribution in [0.4, 0.5) is 0 Å². The van der Waals surface area contributed by atoms with E-state index in [0.29, 0.717) is 12.0 Å². The number of esters is 1. The Balaban J connectivity index is 2.87. The molecule has 0 unspecified atom stereocenters. The maximum atomic E-state index is 11.1. The van der Waals surface area contributed by atoms with Crippen molar-refractivity contribution < 1.29 is 24.2 Å². The first-order valence-electron chi connectivity index (χ1n) is 4.66. The van der Waals surface area contributed by atoms with Gasteiger partial charge in [0.05, 0.1) is 25.7 Å². The Labute approximate surface area is 92.6 Å². The van der Waals surface area contributed by atoms with Gasteiger partial charge in [-0.25, -0.2) is 0 Å². The summed E-state index contributed by atoms with van der Waals surface area (Å²) in [7, 11) is 1.47. The third kappa shape index (κ3) is 3.06. The third-order valence-electron chi connectivity index (χ3n) is 1.88. The number of hydrogen-bond donors (Lipinski definition) is 1. The van der Waals surface area contributed by atoms with Gasteiger partial charge in [-0.15, -0.1) is 0 Å². The fraction of sp³-hybridized carbons (Fsp3) is 0.273. The lowest BCUT2D eigenvalue weighted by Gasteiger charge is -2.07. The predicted molar refractivity (Wildman–Crippen MR) is 55.7 cm³/mol. The highest BCUT2D eigenvalue weighted by molar-refractivity contribution is 5.83. The van der Waals surface area contributed by atoms with Crippen LogP contribution in [0.2, 0.25) is 0 Å². The molecular weight excluding hydrogens is 212 g/mol. The Hall–Kier alpha value is -1.88. The smallest absolute Gasteiger partial charge is 0.313 e. The summed E-state index contributed by atoms with van der Waals surface area (Å²) in [6.45, 7) is -0.286. The standard InChI is InChI=1S/C11H12O5/c1-15-9-2-3-10(8(6-9)7-13)16-11(14)4-5-12/h2-3,6-7,12H,4-5H2,1H3. The highest BCUT2D eigenvalue weighted by Gasteiger charge is 2.09. The molecule has 0 radical (unpaired) electrons. The molecule has 0 heterocycles. The Morgan fingerprint density at radius 2 is 2.25 bits per heavy atom. The zero-order valence-electron chi connectivity index (χ0n) is 8.80. The van der Waals surface area contributed by atoms with Crippen molar-refractivity contribution in [2.45, 2.75) is 6.42 Å². The van der Waals surface area contributed by atoms with E-state index in [9.17, 15) is 9.59 Å². The molecule has 0 bridgehead atoms. The van der Waals surface area contributed by atoms with E-state index in [-0.39, 0.29) is 24.3 Å². The lowest BCUT2D eigenvalue weighted by molar-refractivity contribution is -0.135. The second kappa shape index (κ2) is 5.87. The first-order valence-corrected chi connectivity index (χ1v) is 4.66. The van der Waals surface area contributed by atoms with Crippen LogP contribution >= 0.6 is 0 Å². The zero-order chi connectivity index (χ0) is 12.0. The number of aliphatic hydroxyl groups excluding tert-OH is 1. The molecule has 0 amide bonds. The second-order valence-electron chi connectivity index (χ2n) is 2.97. The molecule has 1 N–H and O–H groups in total. The van der Waals surface area contributed by atoms with Gasteiger partial charge in [-0.05, 0) is 18.2 Å². The number of methoxy groups -OCH3 is 1. The van der Waals surface area contributed by atoms with Crippen LogP contribution in [-0.2, 0) is 4.79 Å². The number of carbonyl (C=O) groups excluding carboxylic acids is 2. The highest BCUT2D eigenvalue weighted by atomic mass is 16.5. The minimum absolute atomic E-state index is 0.107. The van der Waals surface area contributed by atoms with Crippen molar-refractivity contribution in [2.75, 3.05) is 13.7 Å². The van der Waals surface area contributed by atoms with E-state index in [0.717, 1.165) is 0 Å². The molecule has 0 saturated carbocycles. The van der Waals surface area contributed by atoms with Crippen LogP contribution in [0, 0.1) is 0 Å². The summed E-state index contributed by atoms with van der Waals surface area (Å²) in [5.74, 6) is 0.0778. The summed E-state index contributed by atoms with van der Waals surface area (Å²) in [4.78, 5) is 21.8. The molecule has 0 aromatic heterocycles. The number of aliphatic hydroxyl groups is 1. The van der Waals surface area contributed by atoms with Gasteiger partial charge in [-0.1, -0.05) is 0 Å². The van der Waals surface area contributed by atoms with Crippen LogP contribution in [0.25, 0.3) is 0 Å². The average Bonchev–Trinajstić information content (AvgIpc) is 2.30. The van der Waals surface area contributed by atoms with Gasteiger partial charge in [0, 0.05) is 0 Å². The number of ether oxygens (including phenoxy) is 2. The molecule has 0 aliphatic rings. The monoisotopic (exact) mass is 224 g/mol. The first-order chi connectivity index (χ1) is 7.71. The molecule has 1 aromatic rings. The summed E-state index contributed by atoms with van der Waals surface area (Å²) in [6.07, 6.45) is 0.467. The van der Waals surface area contributed by atoms with Crippen LogP contribution < -0.4 is 9.47 Å². The van der Waals surface area contributed by atoms with Crippen molar-refractivity contribution in [3.8, 4) is 11.5 Å². The van der Waals surface area contributed by atoms with Crippen molar-refractivity contribution in [3.63, 3.8) is 0 Å². The fourth-order valence-electron chi connectivity index (χ4n) is 1.10. The highest BCUT2D eigenvalue weighted by Crippen LogP contribution is 2.22. The molecule has 0 aliphatic heterocycles. The number of benzene rings is 1. The summed E-state index contributed by atoms with van der Waals surface area (Å²) < 4.78 is 9.82. The average molecular weight is 224 g/mol. The third-order valence-corrected chi connectivity index (χ3v) is 1.88. The van der Waals surface area contributed by atoms with E-state index in [4.69, 9.17) is 14.6 Å². The summed E-state index contributed by atoms with van der Waals surface area (Å²) >= 11 is 0. The molecule has 5 heteroatoms. The maximum Gasteiger partial charge on any atom is 0.313 e. The van der Waals surface area contributed by atoms with Gasteiger partial charge < -0.3 is 14.6 Å². The SMILES string of the molecule is COc1ccc(OC(=O)CCO)c(C=O)c1. The van der Waals surface area contributed by atoms with Gasteiger partial charge >= 0.3 is 5.97 Å². The van der Waals surface area contributed by atoms with Crippen molar-refractivity contribution in [3.05, 3.63) is 23.8 Å². The van der Waals surface area contributed by atoms with Crippen LogP contribution in [0.1, 0.15) is 16.8 Å². The van der Waals surface area contributed by atoms with Gasteiger partial charge in [0.2, 0.25) is 0 Å². The van der Waals surface area contributed by atoms with Crippen molar-refractivity contribution in [2.24, 2.45) is 0 Å². The van der Waals surface area contributed by atoms with Gasteiger partial charge in [-0.3, -0.25) is 9.59 Å². The number of hydrogen-bond acceptors (Lipinski definition) is 5. The lowest BCUT2D eigenvalue weighted by Crippen LogP contribution is -2.10. The molecule has 0 spiro atoms. The van der Waals surface area contributed by atoms with Crippen LogP contribution in [0.5, 0.6) is 11.5 Å². The van der Waals surface area contributed by atoms with E-state index >= 15 is 0 Å². The van der Waals surface area contributed by atoms with Crippen LogP contribution in [0.15, 0.2) is 18.2 Å². The van der Waals surface area contributed by atoms with Gasteiger partial charge in [0.25, 0.3) is 0 Å². The predicted octanol–water partition coefficient (Wildman–Crippen LogP) is 0.796. The molecule has 0 atom stereocenters. The van der Waals surface area contributed by atoms with E-state index in [1.54, 1.807) is 6.07 Å². The fourth-order valence-corrected chi connectivity index (χ4v) is 1.10. The molecule has 0 aliphatic carbocycles. The van der Waals surface area contributed by atoms with E-state index in [1.807, 2.05) is 0 Å². The quantitative estimate of drug-likeness (QED) is 0.455. The molecule has 0 fully saturated rings. The van der Waals surface area contributed by atoms with E-state index in [2.05, 4.69) is 0 Å². The topological polar surface area (TPSA) is 72.8 Å². The van der Waals surface area contributed by atoms with Gasteiger partial charge in [0.15, 0.2) is 6.29 Å². The Kier molecular flexibility index (Phi) is 4.47. The van der Waals surface area contributed by atoms with Crippen molar-refractivity contribution in [1.29, 1.82) is 0 Å². The minimum atomic E-state index is -0.587. The molecule has 5 nitrogen and oxygen atoms in total. The molecular formula is C11H12O5.